The smallest absolute Gasteiger partial charge is 0.274 e. The molecule has 0 radical (unpaired) electrons. The average molecular weight is 289 g/mol. The number of nitrogens with zero attached hydrogens (tertiary/aromatic N) is 4. The number of anilines is 1. The van der Waals surface area contributed by atoms with Crippen LogP contribution in [0.25, 0.3) is 0 Å². The Hall–Kier alpha value is -2.41. The van der Waals surface area contributed by atoms with E-state index >= 15 is 0 Å². The molecule has 0 saturated carbocycles. The quantitative estimate of drug-likeness (QED) is 0.845. The predicted molar refractivity (Wildman–Crippen MR) is 78.5 cm³/mol. The van der Waals surface area contributed by atoms with Crippen molar-refractivity contribution in [1.82, 2.24) is 19.7 Å². The van der Waals surface area contributed by atoms with Crippen molar-refractivity contribution in [3.8, 4) is 0 Å². The molecule has 7 nitrogen and oxygen atoms in total. The molecule has 2 aromatic heterocycles. The Balaban J connectivity index is 2.21. The van der Waals surface area contributed by atoms with E-state index in [9.17, 15) is 4.79 Å². The van der Waals surface area contributed by atoms with Crippen LogP contribution in [0, 0.1) is 0 Å². The highest BCUT2D eigenvalue weighted by molar-refractivity contribution is 5.97. The van der Waals surface area contributed by atoms with Crippen molar-refractivity contribution in [2.75, 3.05) is 26.0 Å². The third-order valence-corrected chi connectivity index (χ3v) is 3.10. The Morgan fingerprint density at radius 3 is 2.86 bits per heavy atom. The first-order chi connectivity index (χ1) is 10.1. The van der Waals surface area contributed by atoms with E-state index in [1.54, 1.807) is 25.3 Å². The van der Waals surface area contributed by atoms with Gasteiger partial charge in [0.25, 0.3) is 5.91 Å². The standard InChI is InChI=1S/C14H19N5O2/c1-18-13(12(15)9-17-18)14(20)19(7-8-21-2)10-11-5-3-4-6-16-11/h3-6,9H,7-8,10,15H2,1-2H3. The molecule has 21 heavy (non-hydrogen) atoms. The van der Waals surface area contributed by atoms with Gasteiger partial charge in [-0.25, -0.2) is 0 Å². The fourth-order valence-electron chi connectivity index (χ4n) is 2.01. The number of aromatic nitrogens is 3. The van der Waals surface area contributed by atoms with Crippen molar-refractivity contribution in [3.05, 3.63) is 42.0 Å². The van der Waals surface area contributed by atoms with Gasteiger partial charge in [-0.2, -0.15) is 5.10 Å². The second kappa shape index (κ2) is 6.85. The Bertz CT molecular complexity index is 577. The van der Waals surface area contributed by atoms with Crippen molar-refractivity contribution >= 4 is 11.6 Å². The summed E-state index contributed by atoms with van der Waals surface area (Å²) in [4.78, 5) is 18.6. The topological polar surface area (TPSA) is 86.3 Å². The summed E-state index contributed by atoms with van der Waals surface area (Å²) >= 11 is 0. The van der Waals surface area contributed by atoms with Crippen molar-refractivity contribution in [2.24, 2.45) is 7.05 Å². The normalized spacial score (nSPS) is 10.6. The maximum absolute atomic E-state index is 12.7. The van der Waals surface area contributed by atoms with Gasteiger partial charge in [-0.05, 0) is 12.1 Å². The summed E-state index contributed by atoms with van der Waals surface area (Å²) in [5, 5.41) is 4.00. The summed E-state index contributed by atoms with van der Waals surface area (Å²) in [5.41, 5.74) is 7.38. The summed E-state index contributed by atoms with van der Waals surface area (Å²) in [6, 6.07) is 5.60. The van der Waals surface area contributed by atoms with E-state index in [0.717, 1.165) is 5.69 Å². The number of nitrogens with two attached hydrogens (primary N) is 1. The summed E-state index contributed by atoms with van der Waals surface area (Å²) in [7, 11) is 3.29. The fraction of sp³-hybridized carbons (Fsp3) is 0.357. The number of hydrogen-bond donors (Lipinski definition) is 1. The fourth-order valence-corrected chi connectivity index (χ4v) is 2.01. The zero-order valence-electron chi connectivity index (χ0n) is 12.2. The van der Waals surface area contributed by atoms with Gasteiger partial charge in [-0.15, -0.1) is 0 Å². The summed E-state index contributed by atoms with van der Waals surface area (Å²) in [6.45, 7) is 1.29. The zero-order valence-corrected chi connectivity index (χ0v) is 12.2. The second-order valence-electron chi connectivity index (χ2n) is 4.61. The number of ether oxygens (including phenoxy) is 1. The first-order valence-electron chi connectivity index (χ1n) is 6.59. The molecule has 2 heterocycles. The minimum atomic E-state index is -0.185. The molecule has 0 aliphatic rings. The lowest BCUT2D eigenvalue weighted by Crippen LogP contribution is -2.35. The number of methoxy groups -OCH3 is 1. The third-order valence-electron chi connectivity index (χ3n) is 3.10. The molecule has 112 valence electrons. The number of amides is 1. The lowest BCUT2D eigenvalue weighted by molar-refractivity contribution is 0.0668. The molecule has 0 saturated heterocycles. The van der Waals surface area contributed by atoms with Gasteiger partial charge in [0.1, 0.15) is 5.69 Å². The molecule has 2 rings (SSSR count). The van der Waals surface area contributed by atoms with Crippen molar-refractivity contribution < 1.29 is 9.53 Å². The van der Waals surface area contributed by atoms with E-state index in [1.807, 2.05) is 18.2 Å². The van der Waals surface area contributed by atoms with Crippen LogP contribution in [0.15, 0.2) is 30.6 Å². The van der Waals surface area contributed by atoms with Crippen LogP contribution in [0.1, 0.15) is 16.2 Å². The number of aryl methyl sites for hydroxylation is 1. The molecule has 0 aliphatic carbocycles. The molecule has 0 atom stereocenters. The molecule has 7 heteroatoms. The Labute approximate surface area is 123 Å². The van der Waals surface area contributed by atoms with Crippen molar-refractivity contribution in [3.63, 3.8) is 0 Å². The minimum Gasteiger partial charge on any atom is -0.396 e. The van der Waals surface area contributed by atoms with Crippen LogP contribution in [0.3, 0.4) is 0 Å². The molecule has 0 unspecified atom stereocenters. The molecule has 2 N–H and O–H groups in total. The van der Waals surface area contributed by atoms with Crippen LogP contribution in [0.5, 0.6) is 0 Å². The van der Waals surface area contributed by atoms with E-state index in [-0.39, 0.29) is 5.91 Å². The van der Waals surface area contributed by atoms with Crippen LogP contribution in [0.4, 0.5) is 5.69 Å². The molecule has 0 spiro atoms. The number of rotatable bonds is 6. The Morgan fingerprint density at radius 2 is 2.29 bits per heavy atom. The molecule has 0 fully saturated rings. The van der Waals surface area contributed by atoms with Gasteiger partial charge in [0.2, 0.25) is 0 Å². The lowest BCUT2D eigenvalue weighted by Gasteiger charge is -2.22. The van der Waals surface area contributed by atoms with Gasteiger partial charge >= 0.3 is 0 Å². The Morgan fingerprint density at radius 1 is 1.48 bits per heavy atom. The summed E-state index contributed by atoms with van der Waals surface area (Å²) < 4.78 is 6.55. The molecular formula is C14H19N5O2. The third kappa shape index (κ3) is 3.57. The molecule has 0 aromatic carbocycles. The van der Waals surface area contributed by atoms with Gasteiger partial charge in [0.05, 0.1) is 30.7 Å². The minimum absolute atomic E-state index is 0.185. The van der Waals surface area contributed by atoms with Crippen LogP contribution in [-0.4, -0.2) is 45.8 Å². The number of hydrogen-bond acceptors (Lipinski definition) is 5. The van der Waals surface area contributed by atoms with E-state index in [1.165, 1.54) is 10.9 Å². The zero-order chi connectivity index (χ0) is 15.2. The van der Waals surface area contributed by atoms with Crippen molar-refractivity contribution in [1.29, 1.82) is 0 Å². The first-order valence-corrected chi connectivity index (χ1v) is 6.59. The van der Waals surface area contributed by atoms with E-state index in [2.05, 4.69) is 10.1 Å². The Kier molecular flexibility index (Phi) is 4.89. The SMILES string of the molecule is COCCN(Cc1ccccn1)C(=O)c1c(N)cnn1C. The highest BCUT2D eigenvalue weighted by Crippen LogP contribution is 2.14. The van der Waals surface area contributed by atoms with Gasteiger partial charge in [-0.3, -0.25) is 14.5 Å². The van der Waals surface area contributed by atoms with E-state index in [0.29, 0.717) is 31.1 Å². The van der Waals surface area contributed by atoms with Gasteiger partial charge in [0.15, 0.2) is 0 Å². The van der Waals surface area contributed by atoms with Crippen LogP contribution >= 0.6 is 0 Å². The summed E-state index contributed by atoms with van der Waals surface area (Å²) in [6.07, 6.45) is 3.18. The molecule has 1 amide bonds. The van der Waals surface area contributed by atoms with Crippen LogP contribution in [0.2, 0.25) is 0 Å². The van der Waals surface area contributed by atoms with Crippen molar-refractivity contribution in [2.45, 2.75) is 6.54 Å². The monoisotopic (exact) mass is 289 g/mol. The number of pyridine rings is 1. The van der Waals surface area contributed by atoms with E-state index in [4.69, 9.17) is 10.5 Å². The lowest BCUT2D eigenvalue weighted by atomic mass is 10.2. The molecule has 0 aliphatic heterocycles. The summed E-state index contributed by atoms with van der Waals surface area (Å²) in [5.74, 6) is -0.185. The predicted octanol–water partition coefficient (Wildman–Crippen LogP) is 0.686. The number of carbonyl (C=O) groups is 1. The van der Waals surface area contributed by atoms with Crippen LogP contribution < -0.4 is 5.73 Å². The van der Waals surface area contributed by atoms with Gasteiger partial charge in [0, 0.05) is 26.9 Å². The molecule has 0 bridgehead atoms. The highest BCUT2D eigenvalue weighted by atomic mass is 16.5. The largest absolute Gasteiger partial charge is 0.396 e. The number of carbonyl (C=O) groups excluding carboxylic acids is 1. The average Bonchev–Trinajstić information content (AvgIpc) is 2.83. The number of nitrogen functional groups attached to an aromatic ring is 1. The van der Waals surface area contributed by atoms with Gasteiger partial charge < -0.3 is 15.4 Å². The van der Waals surface area contributed by atoms with Crippen LogP contribution in [-0.2, 0) is 18.3 Å². The van der Waals surface area contributed by atoms with Gasteiger partial charge in [-0.1, -0.05) is 6.07 Å². The maximum atomic E-state index is 12.7. The second-order valence-corrected chi connectivity index (χ2v) is 4.61. The molecular weight excluding hydrogens is 270 g/mol. The highest BCUT2D eigenvalue weighted by Gasteiger charge is 2.22. The first kappa shape index (κ1) is 15.0. The molecule has 2 aromatic rings. The maximum Gasteiger partial charge on any atom is 0.274 e. The van der Waals surface area contributed by atoms with E-state index < -0.39 is 0 Å².